The normalized spacial score (nSPS) is 10.1. The highest BCUT2D eigenvalue weighted by atomic mass is 35.5. The molecule has 1 aromatic carbocycles. The monoisotopic (exact) mass is 270 g/mol. The first-order valence-electron chi connectivity index (χ1n) is 5.58. The molecule has 0 aromatic heterocycles. The van der Waals surface area contributed by atoms with E-state index in [0.29, 0.717) is 11.6 Å². The summed E-state index contributed by atoms with van der Waals surface area (Å²) in [5.74, 6) is -1.36. The van der Waals surface area contributed by atoms with Crippen molar-refractivity contribution in [1.29, 1.82) is 0 Å². The van der Waals surface area contributed by atoms with Crippen LogP contribution in [-0.4, -0.2) is 30.1 Å². The van der Waals surface area contributed by atoms with Gasteiger partial charge in [0.15, 0.2) is 0 Å². The Hall–Kier alpha value is -1.59. The van der Waals surface area contributed by atoms with Crippen LogP contribution in [0.25, 0.3) is 0 Å². The summed E-state index contributed by atoms with van der Waals surface area (Å²) >= 11 is 5.71. The van der Waals surface area contributed by atoms with E-state index >= 15 is 0 Å². The molecule has 1 aromatic rings. The molecule has 0 aliphatic carbocycles. The zero-order valence-corrected chi connectivity index (χ0v) is 10.8. The molecule has 3 N–H and O–H groups in total. The van der Waals surface area contributed by atoms with Gasteiger partial charge < -0.3 is 15.7 Å². The van der Waals surface area contributed by atoms with Crippen LogP contribution in [0.4, 0.5) is 5.69 Å². The van der Waals surface area contributed by atoms with Gasteiger partial charge in [0, 0.05) is 18.0 Å². The second kappa shape index (κ2) is 6.98. The van der Waals surface area contributed by atoms with Crippen molar-refractivity contribution in [3.05, 3.63) is 28.8 Å². The van der Waals surface area contributed by atoms with Gasteiger partial charge in [0.2, 0.25) is 5.91 Å². The molecule has 0 radical (unpaired) electrons. The van der Waals surface area contributed by atoms with Crippen LogP contribution in [0.3, 0.4) is 0 Å². The molecule has 5 nitrogen and oxygen atoms in total. The summed E-state index contributed by atoms with van der Waals surface area (Å²) < 4.78 is 0. The molecule has 0 unspecified atom stereocenters. The number of hydrogen-bond donors (Lipinski definition) is 3. The Morgan fingerprint density at radius 3 is 2.72 bits per heavy atom. The van der Waals surface area contributed by atoms with E-state index in [2.05, 4.69) is 10.6 Å². The SMILES string of the molecule is CCNCCC(=O)Nc1ccc(Cl)cc1C(=O)O. The minimum Gasteiger partial charge on any atom is -0.478 e. The lowest BCUT2D eigenvalue weighted by atomic mass is 10.1. The molecule has 0 saturated carbocycles. The predicted octanol–water partition coefficient (Wildman–Crippen LogP) is 1.98. The van der Waals surface area contributed by atoms with E-state index in [9.17, 15) is 9.59 Å². The summed E-state index contributed by atoms with van der Waals surface area (Å²) in [5, 5.41) is 14.9. The van der Waals surface area contributed by atoms with Gasteiger partial charge in [-0.1, -0.05) is 18.5 Å². The Balaban J connectivity index is 2.72. The van der Waals surface area contributed by atoms with Gasteiger partial charge in [-0.2, -0.15) is 0 Å². The maximum absolute atomic E-state index is 11.6. The average molecular weight is 271 g/mol. The third kappa shape index (κ3) is 4.35. The molecule has 0 aliphatic rings. The number of aromatic carboxylic acids is 1. The van der Waals surface area contributed by atoms with Gasteiger partial charge in [0.1, 0.15) is 0 Å². The van der Waals surface area contributed by atoms with Crippen LogP contribution in [0, 0.1) is 0 Å². The van der Waals surface area contributed by atoms with Crippen LogP contribution >= 0.6 is 11.6 Å². The molecule has 0 fully saturated rings. The van der Waals surface area contributed by atoms with E-state index in [-0.39, 0.29) is 23.6 Å². The van der Waals surface area contributed by atoms with Gasteiger partial charge >= 0.3 is 5.97 Å². The molecule has 0 saturated heterocycles. The Labute approximate surface area is 110 Å². The van der Waals surface area contributed by atoms with Crippen LogP contribution in [0.1, 0.15) is 23.7 Å². The summed E-state index contributed by atoms with van der Waals surface area (Å²) in [6.45, 7) is 3.28. The first-order valence-corrected chi connectivity index (χ1v) is 5.95. The fraction of sp³-hybridized carbons (Fsp3) is 0.333. The van der Waals surface area contributed by atoms with Crippen LogP contribution in [0.2, 0.25) is 5.02 Å². The number of benzene rings is 1. The van der Waals surface area contributed by atoms with Crippen LogP contribution in [-0.2, 0) is 4.79 Å². The topological polar surface area (TPSA) is 78.4 Å². The molecule has 6 heteroatoms. The number of nitrogens with one attached hydrogen (secondary N) is 2. The average Bonchev–Trinajstić information content (AvgIpc) is 2.31. The first-order chi connectivity index (χ1) is 8.54. The van der Waals surface area contributed by atoms with Gasteiger partial charge in [-0.25, -0.2) is 4.79 Å². The third-order valence-electron chi connectivity index (χ3n) is 2.26. The number of carbonyl (C=O) groups excluding carboxylic acids is 1. The Bertz CT molecular complexity index is 449. The highest BCUT2D eigenvalue weighted by Crippen LogP contribution is 2.20. The molecular formula is C12H15ClN2O3. The number of rotatable bonds is 6. The maximum Gasteiger partial charge on any atom is 0.337 e. The minimum absolute atomic E-state index is 0.0145. The molecule has 0 bridgehead atoms. The molecule has 0 aliphatic heterocycles. The Kier molecular flexibility index (Phi) is 5.61. The van der Waals surface area contributed by atoms with E-state index in [1.165, 1.54) is 18.2 Å². The van der Waals surface area contributed by atoms with Gasteiger partial charge in [-0.05, 0) is 24.7 Å². The molecule has 1 amide bonds. The summed E-state index contributed by atoms with van der Waals surface area (Å²) in [6, 6.07) is 4.33. The van der Waals surface area contributed by atoms with Gasteiger partial charge in [-0.15, -0.1) is 0 Å². The van der Waals surface area contributed by atoms with E-state index in [0.717, 1.165) is 6.54 Å². The number of hydrogen-bond acceptors (Lipinski definition) is 3. The second-order valence-electron chi connectivity index (χ2n) is 3.65. The summed E-state index contributed by atoms with van der Waals surface area (Å²) in [5.41, 5.74) is 0.243. The lowest BCUT2D eigenvalue weighted by molar-refractivity contribution is -0.116. The van der Waals surface area contributed by atoms with Crippen LogP contribution in [0.5, 0.6) is 0 Å². The number of amides is 1. The highest BCUT2D eigenvalue weighted by molar-refractivity contribution is 6.31. The number of halogens is 1. The minimum atomic E-state index is -1.13. The molecule has 18 heavy (non-hydrogen) atoms. The largest absolute Gasteiger partial charge is 0.478 e. The zero-order chi connectivity index (χ0) is 13.5. The first kappa shape index (κ1) is 14.5. The molecule has 0 spiro atoms. The van der Waals surface area contributed by atoms with Crippen molar-refractivity contribution in [3.63, 3.8) is 0 Å². The van der Waals surface area contributed by atoms with E-state index in [1.807, 2.05) is 6.92 Å². The lowest BCUT2D eigenvalue weighted by Crippen LogP contribution is -2.22. The van der Waals surface area contributed by atoms with Crippen molar-refractivity contribution in [2.24, 2.45) is 0 Å². The summed E-state index contributed by atoms with van der Waals surface area (Å²) in [6.07, 6.45) is 0.287. The van der Waals surface area contributed by atoms with Crippen molar-refractivity contribution >= 4 is 29.2 Å². The van der Waals surface area contributed by atoms with E-state index in [1.54, 1.807) is 0 Å². The van der Waals surface area contributed by atoms with E-state index < -0.39 is 5.97 Å². The van der Waals surface area contributed by atoms with Gasteiger partial charge in [0.25, 0.3) is 0 Å². The van der Waals surface area contributed by atoms with Crippen LogP contribution < -0.4 is 10.6 Å². The number of anilines is 1. The highest BCUT2D eigenvalue weighted by Gasteiger charge is 2.12. The van der Waals surface area contributed by atoms with Crippen molar-refractivity contribution < 1.29 is 14.7 Å². The van der Waals surface area contributed by atoms with Crippen molar-refractivity contribution in [2.45, 2.75) is 13.3 Å². The fourth-order valence-electron chi connectivity index (χ4n) is 1.39. The second-order valence-corrected chi connectivity index (χ2v) is 4.08. The van der Waals surface area contributed by atoms with Crippen molar-refractivity contribution in [3.8, 4) is 0 Å². The molecule has 1 rings (SSSR count). The Morgan fingerprint density at radius 1 is 1.39 bits per heavy atom. The lowest BCUT2D eigenvalue weighted by Gasteiger charge is -2.09. The fourth-order valence-corrected chi connectivity index (χ4v) is 1.57. The molecular weight excluding hydrogens is 256 g/mol. The zero-order valence-electron chi connectivity index (χ0n) is 10.00. The standard InChI is InChI=1S/C12H15ClN2O3/c1-2-14-6-5-11(16)15-10-4-3-8(13)7-9(10)12(17)18/h3-4,7,14H,2,5-6H2,1H3,(H,15,16)(H,17,18). The maximum atomic E-state index is 11.6. The van der Waals surface area contributed by atoms with Crippen molar-refractivity contribution in [2.75, 3.05) is 18.4 Å². The molecule has 98 valence electrons. The summed E-state index contributed by atoms with van der Waals surface area (Å²) in [7, 11) is 0. The number of carboxylic acid groups (broad SMARTS) is 1. The third-order valence-corrected chi connectivity index (χ3v) is 2.50. The summed E-state index contributed by atoms with van der Waals surface area (Å²) in [4.78, 5) is 22.6. The van der Waals surface area contributed by atoms with E-state index in [4.69, 9.17) is 16.7 Å². The van der Waals surface area contributed by atoms with Gasteiger partial charge in [-0.3, -0.25) is 4.79 Å². The quantitative estimate of drug-likeness (QED) is 0.691. The van der Waals surface area contributed by atoms with Crippen molar-refractivity contribution in [1.82, 2.24) is 5.32 Å². The number of carbonyl (C=O) groups is 2. The molecule has 0 atom stereocenters. The molecule has 0 heterocycles. The Morgan fingerprint density at radius 2 is 2.11 bits per heavy atom. The number of carboxylic acids is 1. The van der Waals surface area contributed by atoms with Crippen LogP contribution in [0.15, 0.2) is 18.2 Å². The van der Waals surface area contributed by atoms with Gasteiger partial charge in [0.05, 0.1) is 11.3 Å². The predicted molar refractivity (Wildman–Crippen MR) is 70.2 cm³/mol. The smallest absolute Gasteiger partial charge is 0.337 e.